The number of aryl methyl sites for hydroxylation is 1. The van der Waals surface area contributed by atoms with Gasteiger partial charge < -0.3 is 9.88 Å². The lowest BCUT2D eigenvalue weighted by molar-refractivity contribution is -0.147. The van der Waals surface area contributed by atoms with Gasteiger partial charge in [-0.2, -0.15) is 17.5 Å². The number of carbonyl (C=O) groups excluding carboxylic acids is 1. The molecule has 3 rings (SSSR count). The number of halogens is 4. The zero-order valence-corrected chi connectivity index (χ0v) is 18.7. The molecule has 0 aliphatic carbocycles. The Morgan fingerprint density at radius 3 is 2.30 bits per heavy atom. The average Bonchev–Trinajstić information content (AvgIpc) is 3.13. The normalized spacial score (nSPS) is 12.5. The monoisotopic (exact) mass is 486 g/mol. The number of hydrogen-bond acceptors (Lipinski definition) is 4. The lowest BCUT2D eigenvalue weighted by Gasteiger charge is -2.18. The summed E-state index contributed by atoms with van der Waals surface area (Å²) in [5.41, 5.74) is 0.212. The molecule has 3 aromatic rings. The Bertz CT molecular complexity index is 1250. The standard InChI is InChI=1S/C21H22F4N4O3S/c1-3-28(4-2)33(31,32)16-9-10-18-17(13-16)27-20(21(23,24)25)29(18)12-11-19(30)26-15-7-5-14(22)6-8-15/h5-10,13H,3-4,11-12H2,1-2H3,(H,26,30). The Morgan fingerprint density at radius 1 is 1.09 bits per heavy atom. The highest BCUT2D eigenvalue weighted by atomic mass is 32.2. The number of nitrogens with zero attached hydrogens (tertiary/aromatic N) is 3. The summed E-state index contributed by atoms with van der Waals surface area (Å²) < 4.78 is 81.3. The van der Waals surface area contributed by atoms with Gasteiger partial charge in [-0.25, -0.2) is 17.8 Å². The zero-order valence-electron chi connectivity index (χ0n) is 17.9. The molecule has 12 heteroatoms. The van der Waals surface area contributed by atoms with E-state index in [4.69, 9.17) is 0 Å². The number of nitrogens with one attached hydrogen (secondary N) is 1. The van der Waals surface area contributed by atoms with Gasteiger partial charge in [0.15, 0.2) is 0 Å². The van der Waals surface area contributed by atoms with Gasteiger partial charge >= 0.3 is 6.18 Å². The molecule has 0 radical (unpaired) electrons. The summed E-state index contributed by atoms with van der Waals surface area (Å²) in [6.07, 6.45) is -5.13. The molecule has 0 unspecified atom stereocenters. The number of carbonyl (C=O) groups is 1. The average molecular weight is 486 g/mol. The van der Waals surface area contributed by atoms with Crippen molar-refractivity contribution >= 4 is 32.7 Å². The van der Waals surface area contributed by atoms with Gasteiger partial charge in [-0.05, 0) is 42.5 Å². The number of aromatic nitrogens is 2. The van der Waals surface area contributed by atoms with Crippen molar-refractivity contribution < 1.29 is 30.8 Å². The van der Waals surface area contributed by atoms with Gasteiger partial charge in [-0.3, -0.25) is 4.79 Å². The number of sulfonamides is 1. The predicted octanol–water partition coefficient (Wildman–Crippen LogP) is 4.25. The second-order valence-corrected chi connectivity index (χ2v) is 9.07. The molecule has 0 saturated heterocycles. The van der Waals surface area contributed by atoms with Crippen LogP contribution in [0.15, 0.2) is 47.4 Å². The molecule has 178 valence electrons. The van der Waals surface area contributed by atoms with E-state index in [-0.39, 0.29) is 42.0 Å². The maximum absolute atomic E-state index is 13.6. The van der Waals surface area contributed by atoms with E-state index in [9.17, 15) is 30.8 Å². The summed E-state index contributed by atoms with van der Waals surface area (Å²) in [6.45, 7) is 3.39. The van der Waals surface area contributed by atoms with Crippen molar-refractivity contribution in [2.75, 3.05) is 18.4 Å². The first-order chi connectivity index (χ1) is 15.5. The molecule has 0 saturated carbocycles. The Kier molecular flexibility index (Phi) is 7.08. The van der Waals surface area contributed by atoms with E-state index in [0.717, 1.165) is 22.8 Å². The minimum atomic E-state index is -4.82. The molecule has 1 N–H and O–H groups in total. The van der Waals surface area contributed by atoms with Gasteiger partial charge in [0.25, 0.3) is 0 Å². The van der Waals surface area contributed by atoms with Crippen LogP contribution < -0.4 is 5.32 Å². The van der Waals surface area contributed by atoms with Gasteiger partial charge in [0.2, 0.25) is 21.8 Å². The summed E-state index contributed by atoms with van der Waals surface area (Å²) >= 11 is 0. The van der Waals surface area contributed by atoms with Crippen LogP contribution in [0.3, 0.4) is 0 Å². The number of benzene rings is 2. The number of rotatable bonds is 8. The Morgan fingerprint density at radius 2 is 1.73 bits per heavy atom. The summed E-state index contributed by atoms with van der Waals surface area (Å²) in [4.78, 5) is 15.7. The molecule has 0 spiro atoms. The summed E-state index contributed by atoms with van der Waals surface area (Å²) in [5, 5.41) is 2.49. The topological polar surface area (TPSA) is 84.3 Å². The quantitative estimate of drug-likeness (QED) is 0.483. The highest BCUT2D eigenvalue weighted by Crippen LogP contribution is 2.33. The number of anilines is 1. The summed E-state index contributed by atoms with van der Waals surface area (Å²) in [7, 11) is -3.88. The van der Waals surface area contributed by atoms with Gasteiger partial charge in [-0.1, -0.05) is 13.8 Å². The van der Waals surface area contributed by atoms with E-state index in [0.29, 0.717) is 5.69 Å². The van der Waals surface area contributed by atoms with Crippen molar-refractivity contribution in [3.8, 4) is 0 Å². The number of hydrogen-bond donors (Lipinski definition) is 1. The number of alkyl halides is 3. The third kappa shape index (κ3) is 5.33. The minimum absolute atomic E-state index is 0.0513. The molecule has 0 fully saturated rings. The number of amides is 1. The van der Waals surface area contributed by atoms with Gasteiger partial charge in [-0.15, -0.1) is 0 Å². The van der Waals surface area contributed by atoms with E-state index in [1.807, 2.05) is 0 Å². The summed E-state index contributed by atoms with van der Waals surface area (Å²) in [5.74, 6) is -2.29. The molecular weight excluding hydrogens is 464 g/mol. The van der Waals surface area contributed by atoms with Crippen molar-refractivity contribution in [1.82, 2.24) is 13.9 Å². The van der Waals surface area contributed by atoms with Crippen LogP contribution in [-0.2, 0) is 27.5 Å². The number of imidazole rings is 1. The van der Waals surface area contributed by atoms with Crippen LogP contribution in [0.5, 0.6) is 0 Å². The molecule has 1 heterocycles. The van der Waals surface area contributed by atoms with Crippen molar-refractivity contribution in [3.05, 3.63) is 54.1 Å². The molecule has 2 aromatic carbocycles. The van der Waals surface area contributed by atoms with E-state index in [2.05, 4.69) is 10.3 Å². The Balaban J connectivity index is 1.91. The third-order valence-electron chi connectivity index (χ3n) is 5.01. The van der Waals surface area contributed by atoms with Crippen molar-refractivity contribution in [1.29, 1.82) is 0 Å². The molecule has 1 amide bonds. The highest BCUT2D eigenvalue weighted by Gasteiger charge is 2.38. The molecule has 0 atom stereocenters. The maximum atomic E-state index is 13.6. The second kappa shape index (κ2) is 9.48. The fourth-order valence-corrected chi connectivity index (χ4v) is 4.87. The molecule has 33 heavy (non-hydrogen) atoms. The maximum Gasteiger partial charge on any atom is 0.449 e. The largest absolute Gasteiger partial charge is 0.449 e. The Hall–Kier alpha value is -2.99. The molecular formula is C21H22F4N4O3S. The van der Waals surface area contributed by atoms with E-state index >= 15 is 0 Å². The van der Waals surface area contributed by atoms with Crippen LogP contribution in [0.1, 0.15) is 26.1 Å². The van der Waals surface area contributed by atoms with Crippen LogP contribution in [0.25, 0.3) is 11.0 Å². The van der Waals surface area contributed by atoms with Crippen molar-refractivity contribution in [2.45, 2.75) is 37.9 Å². The molecule has 1 aromatic heterocycles. The lowest BCUT2D eigenvalue weighted by Crippen LogP contribution is -2.30. The van der Waals surface area contributed by atoms with Crippen molar-refractivity contribution in [2.24, 2.45) is 0 Å². The van der Waals surface area contributed by atoms with E-state index in [1.165, 1.54) is 28.6 Å². The predicted molar refractivity (Wildman–Crippen MR) is 114 cm³/mol. The molecule has 0 bridgehead atoms. The van der Waals surface area contributed by atoms with Crippen LogP contribution >= 0.6 is 0 Å². The zero-order chi connectivity index (χ0) is 24.4. The molecule has 0 aliphatic heterocycles. The SMILES string of the molecule is CCN(CC)S(=O)(=O)c1ccc2c(c1)nc(C(F)(F)F)n2CCC(=O)Nc1ccc(F)cc1. The smallest absolute Gasteiger partial charge is 0.326 e. The second-order valence-electron chi connectivity index (χ2n) is 7.13. The Labute approximate surface area is 188 Å². The highest BCUT2D eigenvalue weighted by molar-refractivity contribution is 7.89. The van der Waals surface area contributed by atoms with Crippen LogP contribution in [0.4, 0.5) is 23.2 Å². The fourth-order valence-electron chi connectivity index (χ4n) is 3.40. The van der Waals surface area contributed by atoms with Crippen LogP contribution in [-0.4, -0.2) is 41.3 Å². The lowest BCUT2D eigenvalue weighted by atomic mass is 10.3. The summed E-state index contributed by atoms with van der Waals surface area (Å²) in [6, 6.07) is 8.54. The van der Waals surface area contributed by atoms with Gasteiger partial charge in [0.05, 0.1) is 15.9 Å². The molecule has 0 aliphatic rings. The third-order valence-corrected chi connectivity index (χ3v) is 7.05. The van der Waals surface area contributed by atoms with Crippen LogP contribution in [0.2, 0.25) is 0 Å². The van der Waals surface area contributed by atoms with E-state index < -0.39 is 33.7 Å². The number of fused-ring (bicyclic) bond motifs is 1. The first-order valence-electron chi connectivity index (χ1n) is 10.1. The fraction of sp³-hybridized carbons (Fsp3) is 0.333. The first kappa shape index (κ1) is 24.6. The first-order valence-corrected chi connectivity index (χ1v) is 11.5. The van der Waals surface area contributed by atoms with E-state index in [1.54, 1.807) is 13.8 Å². The van der Waals surface area contributed by atoms with Gasteiger partial charge in [0.1, 0.15) is 5.82 Å². The van der Waals surface area contributed by atoms with Gasteiger partial charge in [0, 0.05) is 31.7 Å². The van der Waals surface area contributed by atoms with Crippen molar-refractivity contribution in [3.63, 3.8) is 0 Å². The minimum Gasteiger partial charge on any atom is -0.326 e. The van der Waals surface area contributed by atoms with Crippen LogP contribution in [0, 0.1) is 5.82 Å². The molecule has 7 nitrogen and oxygen atoms in total.